The summed E-state index contributed by atoms with van der Waals surface area (Å²) < 4.78 is 0. The van der Waals surface area contributed by atoms with Gasteiger partial charge in [-0.3, -0.25) is 19.5 Å². The van der Waals surface area contributed by atoms with Crippen molar-refractivity contribution in [3.05, 3.63) is 74.6 Å². The van der Waals surface area contributed by atoms with E-state index in [2.05, 4.69) is 10.2 Å². The molecular formula is C20H16N2O3. The van der Waals surface area contributed by atoms with Crippen LogP contribution in [0.25, 0.3) is 10.9 Å². The van der Waals surface area contributed by atoms with E-state index in [1.165, 1.54) is 0 Å². The van der Waals surface area contributed by atoms with Crippen molar-refractivity contribution < 1.29 is 9.59 Å². The fourth-order valence-electron chi connectivity index (χ4n) is 3.34. The Bertz CT molecular complexity index is 1100. The summed E-state index contributed by atoms with van der Waals surface area (Å²) in [4.78, 5) is 38.3. The first kappa shape index (κ1) is 15.4. The maximum Gasteiger partial charge on any atom is 0.211 e. The van der Waals surface area contributed by atoms with E-state index in [1.807, 2.05) is 6.92 Å². The SMILES string of the molecule is CCCCc1n[nH]c2c3c(ccc2c1=O)C(=O)c1ccccc1C3=O. The van der Waals surface area contributed by atoms with Crippen molar-refractivity contribution in [2.24, 2.45) is 0 Å². The molecule has 0 amide bonds. The lowest BCUT2D eigenvalue weighted by molar-refractivity contribution is 0.0980. The number of fused-ring (bicyclic) bond motifs is 4. The highest BCUT2D eigenvalue weighted by atomic mass is 16.1. The van der Waals surface area contributed by atoms with Gasteiger partial charge in [-0.15, -0.1) is 0 Å². The van der Waals surface area contributed by atoms with Gasteiger partial charge in [0.1, 0.15) is 5.69 Å². The number of carbonyl (C=O) groups is 2. The lowest BCUT2D eigenvalue weighted by atomic mass is 9.83. The zero-order chi connectivity index (χ0) is 17.6. The van der Waals surface area contributed by atoms with E-state index in [1.54, 1.807) is 36.4 Å². The number of nitrogens with one attached hydrogen (secondary N) is 1. The highest BCUT2D eigenvalue weighted by Gasteiger charge is 2.31. The fraction of sp³-hybridized carbons (Fsp3) is 0.200. The van der Waals surface area contributed by atoms with E-state index < -0.39 is 0 Å². The number of carbonyl (C=O) groups excluding carboxylic acids is 2. The zero-order valence-electron chi connectivity index (χ0n) is 13.8. The van der Waals surface area contributed by atoms with Gasteiger partial charge in [0, 0.05) is 22.1 Å². The number of H-pyrrole nitrogens is 1. The molecule has 1 aromatic heterocycles. The summed E-state index contributed by atoms with van der Waals surface area (Å²) in [6, 6.07) is 9.94. The number of hydrogen-bond donors (Lipinski definition) is 1. The summed E-state index contributed by atoms with van der Waals surface area (Å²) in [5, 5.41) is 7.43. The van der Waals surface area contributed by atoms with Crippen molar-refractivity contribution >= 4 is 22.5 Å². The summed E-state index contributed by atoms with van der Waals surface area (Å²) in [5.41, 5.74) is 1.95. The lowest BCUT2D eigenvalue weighted by Crippen LogP contribution is -2.23. The fourth-order valence-corrected chi connectivity index (χ4v) is 3.34. The zero-order valence-corrected chi connectivity index (χ0v) is 13.8. The van der Waals surface area contributed by atoms with Gasteiger partial charge >= 0.3 is 0 Å². The number of hydrogen-bond acceptors (Lipinski definition) is 4. The second-order valence-corrected chi connectivity index (χ2v) is 6.22. The van der Waals surface area contributed by atoms with Gasteiger partial charge < -0.3 is 0 Å². The molecule has 5 nitrogen and oxygen atoms in total. The van der Waals surface area contributed by atoms with Crippen LogP contribution in [0, 0.1) is 0 Å². The third-order valence-corrected chi connectivity index (χ3v) is 4.67. The Morgan fingerprint density at radius 1 is 0.920 bits per heavy atom. The third-order valence-electron chi connectivity index (χ3n) is 4.67. The van der Waals surface area contributed by atoms with Crippen LogP contribution < -0.4 is 5.43 Å². The molecular weight excluding hydrogens is 316 g/mol. The molecule has 0 fully saturated rings. The number of aromatic nitrogens is 2. The van der Waals surface area contributed by atoms with Crippen LogP contribution in [0.1, 0.15) is 57.3 Å². The quantitative estimate of drug-likeness (QED) is 0.625. The Kier molecular flexibility index (Phi) is 3.57. The molecule has 0 spiro atoms. The molecule has 0 unspecified atom stereocenters. The monoisotopic (exact) mass is 332 g/mol. The Morgan fingerprint density at radius 3 is 2.36 bits per heavy atom. The van der Waals surface area contributed by atoms with Gasteiger partial charge in [0.05, 0.1) is 11.1 Å². The largest absolute Gasteiger partial charge is 0.289 e. The number of aromatic amines is 1. The van der Waals surface area contributed by atoms with Gasteiger partial charge in [0.2, 0.25) is 5.43 Å². The van der Waals surface area contributed by atoms with E-state index in [0.717, 1.165) is 12.8 Å². The molecule has 5 heteroatoms. The Morgan fingerprint density at radius 2 is 1.64 bits per heavy atom. The average Bonchev–Trinajstić information content (AvgIpc) is 2.65. The molecule has 124 valence electrons. The van der Waals surface area contributed by atoms with Gasteiger partial charge in [0.25, 0.3) is 0 Å². The summed E-state index contributed by atoms with van der Waals surface area (Å²) in [7, 11) is 0. The van der Waals surface area contributed by atoms with Crippen LogP contribution in [0.2, 0.25) is 0 Å². The highest BCUT2D eigenvalue weighted by Crippen LogP contribution is 2.30. The topological polar surface area (TPSA) is 79.9 Å². The number of aryl methyl sites for hydroxylation is 1. The van der Waals surface area contributed by atoms with E-state index in [-0.39, 0.29) is 22.6 Å². The Labute approximate surface area is 143 Å². The van der Waals surface area contributed by atoms with Crippen LogP contribution in [0.5, 0.6) is 0 Å². The van der Waals surface area contributed by atoms with Crippen LogP contribution in [0.3, 0.4) is 0 Å². The van der Waals surface area contributed by atoms with Crippen molar-refractivity contribution in [3.63, 3.8) is 0 Å². The van der Waals surface area contributed by atoms with Crippen LogP contribution in [0.4, 0.5) is 0 Å². The summed E-state index contributed by atoms with van der Waals surface area (Å²) in [5.74, 6) is -0.461. The van der Waals surface area contributed by atoms with Crippen molar-refractivity contribution in [1.82, 2.24) is 10.2 Å². The smallest absolute Gasteiger partial charge is 0.211 e. The molecule has 0 atom stereocenters. The molecule has 4 rings (SSSR count). The molecule has 1 aliphatic rings. The number of unbranched alkanes of at least 4 members (excludes halogenated alkanes) is 1. The molecule has 1 aliphatic carbocycles. The maximum atomic E-state index is 12.9. The Hall–Kier alpha value is -3.08. The number of nitrogens with zero attached hydrogens (tertiary/aromatic N) is 1. The van der Waals surface area contributed by atoms with Crippen molar-refractivity contribution in [2.45, 2.75) is 26.2 Å². The number of rotatable bonds is 3. The molecule has 1 N–H and O–H groups in total. The van der Waals surface area contributed by atoms with Gasteiger partial charge in [-0.2, -0.15) is 5.10 Å². The van der Waals surface area contributed by atoms with Crippen LogP contribution in [0.15, 0.2) is 41.2 Å². The summed E-state index contributed by atoms with van der Waals surface area (Å²) in [6.45, 7) is 2.05. The minimum Gasteiger partial charge on any atom is -0.289 e. The first-order valence-electron chi connectivity index (χ1n) is 8.36. The molecule has 0 radical (unpaired) electrons. The summed E-state index contributed by atoms with van der Waals surface area (Å²) in [6.07, 6.45) is 2.43. The van der Waals surface area contributed by atoms with Crippen LogP contribution in [-0.2, 0) is 6.42 Å². The van der Waals surface area contributed by atoms with Crippen molar-refractivity contribution in [1.29, 1.82) is 0 Å². The second-order valence-electron chi connectivity index (χ2n) is 6.22. The first-order chi connectivity index (χ1) is 12.1. The predicted molar refractivity (Wildman–Crippen MR) is 94.3 cm³/mol. The van der Waals surface area contributed by atoms with E-state index in [0.29, 0.717) is 39.7 Å². The number of benzene rings is 2. The van der Waals surface area contributed by atoms with Crippen LogP contribution in [-0.4, -0.2) is 21.8 Å². The van der Waals surface area contributed by atoms with Gasteiger partial charge in [-0.25, -0.2) is 0 Å². The standard InChI is InChI=1S/C20H16N2O3/c1-2-3-8-15-19(24)14-10-9-13-16(17(14)22-21-15)20(25)12-7-5-4-6-11(12)18(13)23/h4-7,9-10H,2-3,8H2,1H3,(H,22,24). The Balaban J connectivity index is 1.98. The maximum absolute atomic E-state index is 12.9. The number of ketones is 2. The van der Waals surface area contributed by atoms with Crippen molar-refractivity contribution in [3.8, 4) is 0 Å². The normalized spacial score (nSPS) is 13.0. The predicted octanol–water partition coefficient (Wildman–Crippen LogP) is 3.04. The molecule has 0 aliphatic heterocycles. The molecule has 1 heterocycles. The second kappa shape index (κ2) is 5.77. The van der Waals surface area contributed by atoms with E-state index in [4.69, 9.17) is 0 Å². The van der Waals surface area contributed by atoms with E-state index >= 15 is 0 Å². The average molecular weight is 332 g/mol. The molecule has 25 heavy (non-hydrogen) atoms. The highest BCUT2D eigenvalue weighted by molar-refractivity contribution is 6.31. The van der Waals surface area contributed by atoms with E-state index in [9.17, 15) is 14.4 Å². The minimum atomic E-state index is -0.255. The minimum absolute atomic E-state index is 0.177. The first-order valence-corrected chi connectivity index (χ1v) is 8.36. The summed E-state index contributed by atoms with van der Waals surface area (Å²) >= 11 is 0. The van der Waals surface area contributed by atoms with Gasteiger partial charge in [-0.1, -0.05) is 37.6 Å². The molecule has 0 saturated carbocycles. The molecule has 3 aromatic rings. The van der Waals surface area contributed by atoms with Crippen molar-refractivity contribution in [2.75, 3.05) is 0 Å². The van der Waals surface area contributed by atoms with Gasteiger partial charge in [-0.05, 0) is 25.0 Å². The van der Waals surface area contributed by atoms with Gasteiger partial charge in [0.15, 0.2) is 11.6 Å². The molecule has 0 saturated heterocycles. The lowest BCUT2D eigenvalue weighted by Gasteiger charge is -2.18. The molecule has 2 aromatic carbocycles. The third kappa shape index (κ3) is 2.23. The molecule has 0 bridgehead atoms. The van der Waals surface area contributed by atoms with Crippen LogP contribution >= 0.6 is 0 Å².